The Bertz CT molecular complexity index is 640. The summed E-state index contributed by atoms with van der Waals surface area (Å²) in [5.41, 5.74) is -0.795. The maximum atomic E-state index is 12.8. The van der Waals surface area contributed by atoms with Gasteiger partial charge in [-0.1, -0.05) is 18.2 Å². The fraction of sp³-hybridized carbons (Fsp3) is 0.0714. The predicted molar refractivity (Wildman–Crippen MR) is 78.6 cm³/mol. The van der Waals surface area contributed by atoms with Crippen LogP contribution >= 0.6 is 22.6 Å². The van der Waals surface area contributed by atoms with Gasteiger partial charge in [-0.25, -0.2) is 0 Å². The highest BCUT2D eigenvalue weighted by Crippen LogP contribution is 2.34. The van der Waals surface area contributed by atoms with Crippen LogP contribution in [0.15, 0.2) is 48.5 Å². The average Bonchev–Trinajstić information content (AvgIpc) is 2.38. The number of amides is 1. The molecule has 0 fully saturated rings. The Morgan fingerprint density at radius 2 is 1.75 bits per heavy atom. The third-order valence-corrected chi connectivity index (χ3v) is 3.24. The van der Waals surface area contributed by atoms with Crippen molar-refractivity contribution in [2.24, 2.45) is 0 Å². The molecule has 0 atom stereocenters. The van der Waals surface area contributed by atoms with Crippen molar-refractivity contribution in [1.29, 1.82) is 0 Å². The maximum Gasteiger partial charge on any atom is 0.418 e. The van der Waals surface area contributed by atoms with Crippen molar-refractivity contribution in [2.45, 2.75) is 6.18 Å². The second-order valence-electron chi connectivity index (χ2n) is 4.01. The predicted octanol–water partition coefficient (Wildman–Crippen LogP) is 4.56. The Hall–Kier alpha value is -1.57. The molecule has 0 bridgehead atoms. The second kappa shape index (κ2) is 5.82. The van der Waals surface area contributed by atoms with Crippen LogP contribution in [0, 0.1) is 3.57 Å². The number of halogens is 4. The lowest BCUT2D eigenvalue weighted by Gasteiger charge is -2.13. The fourth-order valence-corrected chi connectivity index (χ4v) is 2.21. The molecule has 0 aromatic heterocycles. The summed E-state index contributed by atoms with van der Waals surface area (Å²) in [5, 5.41) is 2.30. The van der Waals surface area contributed by atoms with E-state index in [0.717, 1.165) is 9.64 Å². The minimum atomic E-state index is -4.50. The molecule has 0 spiro atoms. The topological polar surface area (TPSA) is 29.1 Å². The summed E-state index contributed by atoms with van der Waals surface area (Å²) in [5.74, 6) is -0.569. The van der Waals surface area contributed by atoms with Crippen molar-refractivity contribution in [3.8, 4) is 0 Å². The van der Waals surface area contributed by atoms with E-state index in [1.807, 2.05) is 22.6 Å². The van der Waals surface area contributed by atoms with Crippen LogP contribution in [0.25, 0.3) is 0 Å². The van der Waals surface area contributed by atoms with Crippen molar-refractivity contribution in [3.05, 3.63) is 63.2 Å². The number of benzene rings is 2. The van der Waals surface area contributed by atoms with Crippen LogP contribution < -0.4 is 5.32 Å². The molecule has 1 amide bonds. The number of carbonyl (C=O) groups is 1. The van der Waals surface area contributed by atoms with Crippen molar-refractivity contribution in [2.75, 3.05) is 5.32 Å². The highest BCUT2D eigenvalue weighted by atomic mass is 127. The van der Waals surface area contributed by atoms with Crippen LogP contribution in [-0.2, 0) is 6.18 Å². The van der Waals surface area contributed by atoms with Gasteiger partial charge >= 0.3 is 6.18 Å². The zero-order valence-corrected chi connectivity index (χ0v) is 12.2. The van der Waals surface area contributed by atoms with Gasteiger partial charge in [0.05, 0.1) is 11.3 Å². The standard InChI is InChI=1S/C14H9F3INO/c15-14(16,17)11-6-1-2-7-12(11)19-13(20)9-4-3-5-10(18)8-9/h1-8H,(H,19,20). The Labute approximate surface area is 127 Å². The first-order valence-corrected chi connectivity index (χ1v) is 6.69. The Morgan fingerprint density at radius 3 is 2.40 bits per heavy atom. The van der Waals surface area contributed by atoms with Crippen molar-refractivity contribution >= 4 is 34.2 Å². The molecule has 104 valence electrons. The van der Waals surface area contributed by atoms with Crippen LogP contribution in [0.2, 0.25) is 0 Å². The van der Waals surface area contributed by atoms with E-state index in [0.29, 0.717) is 5.56 Å². The zero-order valence-electron chi connectivity index (χ0n) is 10.0. The van der Waals surface area contributed by atoms with E-state index in [9.17, 15) is 18.0 Å². The molecule has 0 aliphatic rings. The molecule has 1 N–H and O–H groups in total. The normalized spacial score (nSPS) is 11.2. The van der Waals surface area contributed by atoms with Crippen molar-refractivity contribution in [3.63, 3.8) is 0 Å². The third kappa shape index (κ3) is 3.50. The lowest BCUT2D eigenvalue weighted by Crippen LogP contribution is -2.16. The van der Waals surface area contributed by atoms with E-state index in [4.69, 9.17) is 0 Å². The van der Waals surface area contributed by atoms with E-state index in [-0.39, 0.29) is 5.69 Å². The van der Waals surface area contributed by atoms with Gasteiger partial charge in [0, 0.05) is 9.13 Å². The number of alkyl halides is 3. The summed E-state index contributed by atoms with van der Waals surface area (Å²) in [6.07, 6.45) is -4.50. The first kappa shape index (κ1) is 14.8. The number of carbonyl (C=O) groups excluding carboxylic acids is 1. The van der Waals surface area contributed by atoms with Crippen LogP contribution in [0.4, 0.5) is 18.9 Å². The van der Waals surface area contributed by atoms with Gasteiger partial charge in [-0.05, 0) is 52.9 Å². The summed E-state index contributed by atoms with van der Waals surface area (Å²) >= 11 is 2.03. The zero-order chi connectivity index (χ0) is 14.8. The van der Waals surface area contributed by atoms with Crippen LogP contribution in [0.1, 0.15) is 15.9 Å². The summed E-state index contributed by atoms with van der Waals surface area (Å²) in [4.78, 5) is 12.0. The Kier molecular flexibility index (Phi) is 4.32. The second-order valence-corrected chi connectivity index (χ2v) is 5.25. The first-order valence-electron chi connectivity index (χ1n) is 5.61. The SMILES string of the molecule is O=C(Nc1ccccc1C(F)(F)F)c1cccc(I)c1. The minimum Gasteiger partial charge on any atom is -0.321 e. The maximum absolute atomic E-state index is 12.8. The van der Waals surface area contributed by atoms with E-state index in [2.05, 4.69) is 5.32 Å². The third-order valence-electron chi connectivity index (χ3n) is 2.57. The quantitative estimate of drug-likeness (QED) is 0.748. The summed E-state index contributed by atoms with van der Waals surface area (Å²) in [6, 6.07) is 11.5. The molecule has 0 aliphatic carbocycles. The van der Waals surface area contributed by atoms with Crippen LogP contribution in [-0.4, -0.2) is 5.91 Å². The molecule has 2 aromatic rings. The highest BCUT2D eigenvalue weighted by molar-refractivity contribution is 14.1. The molecule has 0 unspecified atom stereocenters. The molecular formula is C14H9F3INO. The largest absolute Gasteiger partial charge is 0.418 e. The molecule has 2 nitrogen and oxygen atoms in total. The molecule has 0 saturated carbocycles. The number of hydrogen-bond acceptors (Lipinski definition) is 1. The van der Waals surface area contributed by atoms with Gasteiger partial charge in [-0.15, -0.1) is 0 Å². The molecule has 6 heteroatoms. The number of rotatable bonds is 2. The molecule has 0 saturated heterocycles. The van der Waals surface area contributed by atoms with E-state index in [1.54, 1.807) is 24.3 Å². The molecule has 0 heterocycles. The van der Waals surface area contributed by atoms with Gasteiger partial charge in [0.2, 0.25) is 0 Å². The van der Waals surface area contributed by atoms with Gasteiger partial charge < -0.3 is 5.32 Å². The van der Waals surface area contributed by atoms with Crippen LogP contribution in [0.5, 0.6) is 0 Å². The monoisotopic (exact) mass is 391 g/mol. The van der Waals surface area contributed by atoms with E-state index < -0.39 is 17.6 Å². The van der Waals surface area contributed by atoms with Crippen LogP contribution in [0.3, 0.4) is 0 Å². The summed E-state index contributed by atoms with van der Waals surface area (Å²) in [7, 11) is 0. The number of para-hydroxylation sites is 1. The van der Waals surface area contributed by atoms with Crippen molar-refractivity contribution in [1.82, 2.24) is 0 Å². The Balaban J connectivity index is 2.29. The number of nitrogens with one attached hydrogen (secondary N) is 1. The summed E-state index contributed by atoms with van der Waals surface area (Å²) < 4.78 is 39.3. The van der Waals surface area contributed by atoms with Gasteiger partial charge in [-0.2, -0.15) is 13.2 Å². The fourth-order valence-electron chi connectivity index (χ4n) is 1.66. The Morgan fingerprint density at radius 1 is 1.05 bits per heavy atom. The minimum absolute atomic E-state index is 0.246. The number of anilines is 1. The average molecular weight is 391 g/mol. The van der Waals surface area contributed by atoms with Gasteiger partial charge in [0.25, 0.3) is 5.91 Å². The number of hydrogen-bond donors (Lipinski definition) is 1. The summed E-state index contributed by atoms with van der Waals surface area (Å²) in [6.45, 7) is 0. The molecule has 2 rings (SSSR count). The van der Waals surface area contributed by atoms with Gasteiger partial charge in [0.1, 0.15) is 0 Å². The van der Waals surface area contributed by atoms with Gasteiger partial charge in [-0.3, -0.25) is 4.79 Å². The van der Waals surface area contributed by atoms with E-state index in [1.165, 1.54) is 18.2 Å². The van der Waals surface area contributed by atoms with Crippen molar-refractivity contribution < 1.29 is 18.0 Å². The molecule has 2 aromatic carbocycles. The van der Waals surface area contributed by atoms with E-state index >= 15 is 0 Å². The lowest BCUT2D eigenvalue weighted by molar-refractivity contribution is -0.136. The van der Waals surface area contributed by atoms with Gasteiger partial charge in [0.15, 0.2) is 0 Å². The molecule has 20 heavy (non-hydrogen) atoms. The molecular weight excluding hydrogens is 382 g/mol. The molecule has 0 radical (unpaired) electrons. The smallest absolute Gasteiger partial charge is 0.321 e. The highest BCUT2D eigenvalue weighted by Gasteiger charge is 2.33. The molecule has 0 aliphatic heterocycles. The first-order chi connectivity index (χ1) is 9.38. The lowest BCUT2D eigenvalue weighted by atomic mass is 10.1.